The second-order valence-corrected chi connectivity index (χ2v) is 2.64. The summed E-state index contributed by atoms with van der Waals surface area (Å²) >= 11 is 0. The summed E-state index contributed by atoms with van der Waals surface area (Å²) in [5.74, 6) is -2.33. The van der Waals surface area contributed by atoms with Gasteiger partial charge in [0.15, 0.2) is 5.78 Å². The average Bonchev–Trinajstić information content (AvgIpc) is 2.04. The number of aliphatic carboxylic acids is 1. The molecule has 3 nitrogen and oxygen atoms in total. The molecule has 0 saturated carbocycles. The summed E-state index contributed by atoms with van der Waals surface area (Å²) in [5, 5.41) is 8.63. The number of carboxylic acids is 1. The van der Waals surface area contributed by atoms with Crippen LogP contribution in [-0.2, 0) is 9.59 Å². The highest BCUT2D eigenvalue weighted by Gasteiger charge is 2.22. The van der Waals surface area contributed by atoms with Crippen LogP contribution in [0.15, 0.2) is 12.7 Å². The van der Waals surface area contributed by atoms with Gasteiger partial charge in [0.2, 0.25) is 0 Å². The highest BCUT2D eigenvalue weighted by Crippen LogP contribution is 2.10. The molecule has 0 aromatic rings. The van der Waals surface area contributed by atoms with Gasteiger partial charge in [-0.1, -0.05) is 26.3 Å². The minimum atomic E-state index is -1.05. The van der Waals surface area contributed by atoms with Crippen molar-refractivity contribution in [2.24, 2.45) is 5.92 Å². The summed E-state index contributed by atoms with van der Waals surface area (Å²) < 4.78 is 0. The van der Waals surface area contributed by atoms with Crippen molar-refractivity contribution in [3.8, 4) is 0 Å². The van der Waals surface area contributed by atoms with Crippen molar-refractivity contribution in [1.82, 2.24) is 0 Å². The van der Waals surface area contributed by atoms with Crippen molar-refractivity contribution >= 4 is 11.8 Å². The van der Waals surface area contributed by atoms with Gasteiger partial charge in [-0.25, -0.2) is 0 Å². The Labute approximate surface area is 72.1 Å². The van der Waals surface area contributed by atoms with E-state index in [0.29, 0.717) is 6.42 Å². The Morgan fingerprint density at radius 2 is 2.17 bits per heavy atom. The van der Waals surface area contributed by atoms with E-state index in [0.717, 1.165) is 18.9 Å². The van der Waals surface area contributed by atoms with E-state index >= 15 is 0 Å². The van der Waals surface area contributed by atoms with E-state index in [2.05, 4.69) is 6.58 Å². The molecule has 0 aliphatic carbocycles. The molecule has 0 spiro atoms. The van der Waals surface area contributed by atoms with Gasteiger partial charge >= 0.3 is 5.97 Å². The molecule has 0 aromatic carbocycles. The molecule has 1 atom stereocenters. The van der Waals surface area contributed by atoms with Crippen LogP contribution in [-0.4, -0.2) is 16.9 Å². The molecule has 1 unspecified atom stereocenters. The molecule has 0 bridgehead atoms. The first-order valence-corrected chi connectivity index (χ1v) is 4.02. The third kappa shape index (κ3) is 3.32. The maximum atomic E-state index is 11.0. The average molecular weight is 170 g/mol. The number of rotatable bonds is 6. The Kier molecular flexibility index (Phi) is 5.00. The Hall–Kier alpha value is -1.12. The smallest absolute Gasteiger partial charge is 0.314 e. The van der Waals surface area contributed by atoms with E-state index in [1.54, 1.807) is 0 Å². The number of hydrogen-bond donors (Lipinski definition) is 1. The molecule has 0 rings (SSSR count). The minimum absolute atomic E-state index is 0.393. The van der Waals surface area contributed by atoms with Crippen molar-refractivity contribution in [1.29, 1.82) is 0 Å². The maximum Gasteiger partial charge on any atom is 0.314 e. The minimum Gasteiger partial charge on any atom is -0.481 e. The normalized spacial score (nSPS) is 12.1. The molecule has 0 saturated heterocycles. The lowest BCUT2D eigenvalue weighted by Gasteiger charge is -2.06. The molecule has 1 N–H and O–H groups in total. The van der Waals surface area contributed by atoms with Crippen molar-refractivity contribution < 1.29 is 14.7 Å². The largest absolute Gasteiger partial charge is 0.481 e. The van der Waals surface area contributed by atoms with Crippen LogP contribution < -0.4 is 0 Å². The van der Waals surface area contributed by atoms with Crippen molar-refractivity contribution in [3.05, 3.63) is 12.7 Å². The Bertz CT molecular complexity index is 184. The van der Waals surface area contributed by atoms with Crippen LogP contribution in [0, 0.1) is 5.92 Å². The first kappa shape index (κ1) is 10.9. The quantitative estimate of drug-likeness (QED) is 0.487. The molecule has 0 amide bonds. The Balaban J connectivity index is 4.13. The SMILES string of the molecule is C=CC(=O)C(CCCC)C(=O)O. The van der Waals surface area contributed by atoms with E-state index in [4.69, 9.17) is 5.11 Å². The van der Waals surface area contributed by atoms with Gasteiger partial charge in [-0.2, -0.15) is 0 Å². The number of hydrogen-bond acceptors (Lipinski definition) is 2. The van der Waals surface area contributed by atoms with E-state index < -0.39 is 17.7 Å². The Morgan fingerprint density at radius 1 is 1.58 bits per heavy atom. The topological polar surface area (TPSA) is 54.4 Å². The lowest BCUT2D eigenvalue weighted by atomic mass is 9.98. The lowest BCUT2D eigenvalue weighted by molar-refractivity contribution is -0.145. The number of carbonyl (C=O) groups is 2. The zero-order valence-electron chi connectivity index (χ0n) is 7.25. The van der Waals surface area contributed by atoms with Crippen molar-refractivity contribution in [2.45, 2.75) is 26.2 Å². The molecule has 3 heteroatoms. The van der Waals surface area contributed by atoms with Gasteiger partial charge in [0.05, 0.1) is 0 Å². The fraction of sp³-hybridized carbons (Fsp3) is 0.556. The van der Waals surface area contributed by atoms with E-state index in [1.807, 2.05) is 6.92 Å². The van der Waals surface area contributed by atoms with E-state index in [9.17, 15) is 9.59 Å². The predicted octanol–water partition coefficient (Wildman–Crippen LogP) is 1.63. The number of ketones is 1. The van der Waals surface area contributed by atoms with Crippen LogP contribution in [0.25, 0.3) is 0 Å². The number of unbranched alkanes of at least 4 members (excludes halogenated alkanes) is 1. The maximum absolute atomic E-state index is 11.0. The molecule has 68 valence electrons. The molecule has 0 fully saturated rings. The van der Waals surface area contributed by atoms with Crippen LogP contribution >= 0.6 is 0 Å². The molecule has 12 heavy (non-hydrogen) atoms. The van der Waals surface area contributed by atoms with Gasteiger partial charge in [-0.3, -0.25) is 9.59 Å². The van der Waals surface area contributed by atoms with Crippen LogP contribution in [0.5, 0.6) is 0 Å². The molecule has 0 radical (unpaired) electrons. The van der Waals surface area contributed by atoms with Crippen LogP contribution in [0.1, 0.15) is 26.2 Å². The summed E-state index contributed by atoms with van der Waals surface area (Å²) in [6.45, 7) is 5.21. The van der Waals surface area contributed by atoms with Gasteiger partial charge in [-0.15, -0.1) is 0 Å². The summed E-state index contributed by atoms with van der Waals surface area (Å²) in [5.41, 5.74) is 0. The van der Waals surface area contributed by atoms with Gasteiger partial charge < -0.3 is 5.11 Å². The van der Waals surface area contributed by atoms with Gasteiger partial charge in [-0.05, 0) is 12.5 Å². The monoisotopic (exact) mass is 170 g/mol. The lowest BCUT2D eigenvalue weighted by Crippen LogP contribution is -2.21. The van der Waals surface area contributed by atoms with Crippen LogP contribution in [0.2, 0.25) is 0 Å². The standard InChI is InChI=1S/C9H14O3/c1-3-5-6-7(9(11)12)8(10)4-2/h4,7H,2-3,5-6H2,1H3,(H,11,12). The third-order valence-electron chi connectivity index (χ3n) is 1.69. The van der Waals surface area contributed by atoms with Crippen molar-refractivity contribution in [3.63, 3.8) is 0 Å². The van der Waals surface area contributed by atoms with Crippen molar-refractivity contribution in [2.75, 3.05) is 0 Å². The highest BCUT2D eigenvalue weighted by molar-refractivity contribution is 6.03. The summed E-state index contributed by atoms with van der Waals surface area (Å²) in [7, 11) is 0. The zero-order chi connectivity index (χ0) is 9.56. The van der Waals surface area contributed by atoms with E-state index in [1.165, 1.54) is 0 Å². The van der Waals surface area contributed by atoms with Crippen LogP contribution in [0.3, 0.4) is 0 Å². The number of allylic oxidation sites excluding steroid dienone is 1. The predicted molar refractivity (Wildman–Crippen MR) is 45.9 cm³/mol. The molecular weight excluding hydrogens is 156 g/mol. The Morgan fingerprint density at radius 3 is 2.50 bits per heavy atom. The number of carboxylic acid groups (broad SMARTS) is 1. The van der Waals surface area contributed by atoms with E-state index in [-0.39, 0.29) is 0 Å². The molecule has 0 heterocycles. The number of carbonyl (C=O) groups excluding carboxylic acids is 1. The second-order valence-electron chi connectivity index (χ2n) is 2.64. The fourth-order valence-corrected chi connectivity index (χ4v) is 0.938. The summed E-state index contributed by atoms with van der Waals surface area (Å²) in [6, 6.07) is 0. The molecule has 0 aromatic heterocycles. The summed E-state index contributed by atoms with van der Waals surface area (Å²) in [6.07, 6.45) is 3.15. The second kappa shape index (κ2) is 5.52. The zero-order valence-corrected chi connectivity index (χ0v) is 7.25. The molecule has 0 aliphatic rings. The highest BCUT2D eigenvalue weighted by atomic mass is 16.4. The molecule has 0 aliphatic heterocycles. The first-order valence-electron chi connectivity index (χ1n) is 4.02. The van der Waals surface area contributed by atoms with Crippen LogP contribution in [0.4, 0.5) is 0 Å². The fourth-order valence-electron chi connectivity index (χ4n) is 0.938. The van der Waals surface area contributed by atoms with Gasteiger partial charge in [0.1, 0.15) is 5.92 Å². The van der Waals surface area contributed by atoms with Gasteiger partial charge in [0.25, 0.3) is 0 Å². The van der Waals surface area contributed by atoms with Gasteiger partial charge in [0, 0.05) is 0 Å². The summed E-state index contributed by atoms with van der Waals surface area (Å²) in [4.78, 5) is 21.5. The first-order chi connectivity index (χ1) is 5.63. The third-order valence-corrected chi connectivity index (χ3v) is 1.69. The molecular formula is C9H14O3.